The Kier molecular flexibility index (Phi) is 3.61. The smallest absolute Gasteiger partial charge is 0.251 e. The SMILES string of the molecule is Cc1cc(Br)cc(C(=O)NC2CCc3cn[nH]c3C2)c1. The van der Waals surface area contributed by atoms with Crippen LogP contribution in [0.1, 0.15) is 33.6 Å². The van der Waals surface area contributed by atoms with Crippen molar-refractivity contribution >= 4 is 21.8 Å². The first kappa shape index (κ1) is 13.4. The fourth-order valence-corrected chi connectivity index (χ4v) is 3.28. The van der Waals surface area contributed by atoms with Gasteiger partial charge in [-0.15, -0.1) is 0 Å². The molecule has 0 fully saturated rings. The number of H-pyrrole nitrogens is 1. The molecule has 3 rings (SSSR count). The molecule has 1 atom stereocenters. The summed E-state index contributed by atoms with van der Waals surface area (Å²) in [6.45, 7) is 1.99. The van der Waals surface area contributed by atoms with Crippen molar-refractivity contribution in [3.63, 3.8) is 0 Å². The van der Waals surface area contributed by atoms with Gasteiger partial charge in [0.15, 0.2) is 0 Å². The highest BCUT2D eigenvalue weighted by Crippen LogP contribution is 2.20. The van der Waals surface area contributed by atoms with Crippen molar-refractivity contribution in [2.45, 2.75) is 32.2 Å². The molecule has 0 radical (unpaired) electrons. The quantitative estimate of drug-likeness (QED) is 0.887. The molecular weight excluding hydrogens is 318 g/mol. The van der Waals surface area contributed by atoms with Crippen LogP contribution in [0.2, 0.25) is 0 Å². The van der Waals surface area contributed by atoms with Crippen molar-refractivity contribution in [2.75, 3.05) is 0 Å². The molecule has 1 aromatic heterocycles. The van der Waals surface area contributed by atoms with E-state index in [-0.39, 0.29) is 11.9 Å². The molecule has 1 aliphatic carbocycles. The van der Waals surface area contributed by atoms with Crippen molar-refractivity contribution < 1.29 is 4.79 Å². The maximum atomic E-state index is 12.3. The van der Waals surface area contributed by atoms with E-state index in [0.29, 0.717) is 5.56 Å². The minimum absolute atomic E-state index is 0.0117. The van der Waals surface area contributed by atoms with Gasteiger partial charge in [0.25, 0.3) is 5.91 Å². The Hall–Kier alpha value is -1.62. The molecule has 1 unspecified atom stereocenters. The van der Waals surface area contributed by atoms with E-state index in [1.165, 1.54) is 5.56 Å². The van der Waals surface area contributed by atoms with Crippen LogP contribution < -0.4 is 5.32 Å². The number of aryl methyl sites for hydroxylation is 2. The molecular formula is C15H16BrN3O. The van der Waals surface area contributed by atoms with Gasteiger partial charge in [0.05, 0.1) is 6.20 Å². The van der Waals surface area contributed by atoms with Gasteiger partial charge in [-0.2, -0.15) is 5.10 Å². The summed E-state index contributed by atoms with van der Waals surface area (Å²) in [4.78, 5) is 12.3. The average molecular weight is 334 g/mol. The highest BCUT2D eigenvalue weighted by Gasteiger charge is 2.22. The zero-order chi connectivity index (χ0) is 14.1. The molecule has 2 aromatic rings. The van der Waals surface area contributed by atoms with E-state index in [1.54, 1.807) is 0 Å². The second-order valence-corrected chi connectivity index (χ2v) is 6.22. The summed E-state index contributed by atoms with van der Waals surface area (Å²) in [6, 6.07) is 5.93. The standard InChI is InChI=1S/C15H16BrN3O/c1-9-4-11(6-12(16)5-9)15(20)18-13-3-2-10-8-17-19-14(10)7-13/h4-6,8,13H,2-3,7H2,1H3,(H,17,19)(H,18,20). The minimum Gasteiger partial charge on any atom is -0.349 e. The predicted octanol–water partition coefficient (Wildman–Crippen LogP) is 2.77. The Morgan fingerprint density at radius 1 is 1.45 bits per heavy atom. The first-order valence-electron chi connectivity index (χ1n) is 6.71. The van der Waals surface area contributed by atoms with Gasteiger partial charge in [-0.25, -0.2) is 0 Å². The zero-order valence-electron chi connectivity index (χ0n) is 11.2. The summed E-state index contributed by atoms with van der Waals surface area (Å²) in [5.41, 5.74) is 4.19. The number of nitrogens with zero attached hydrogens (tertiary/aromatic N) is 1. The summed E-state index contributed by atoms with van der Waals surface area (Å²) < 4.78 is 0.933. The molecule has 0 saturated carbocycles. The largest absolute Gasteiger partial charge is 0.349 e. The van der Waals surface area contributed by atoms with Crippen molar-refractivity contribution in [1.29, 1.82) is 0 Å². The number of carbonyl (C=O) groups is 1. The van der Waals surface area contributed by atoms with Gasteiger partial charge in [0.2, 0.25) is 0 Å². The van der Waals surface area contributed by atoms with Gasteiger partial charge in [0.1, 0.15) is 0 Å². The van der Waals surface area contributed by atoms with Crippen molar-refractivity contribution in [1.82, 2.24) is 15.5 Å². The lowest BCUT2D eigenvalue weighted by molar-refractivity contribution is 0.0933. The van der Waals surface area contributed by atoms with Crippen LogP contribution in [0.25, 0.3) is 0 Å². The predicted molar refractivity (Wildman–Crippen MR) is 80.7 cm³/mol. The summed E-state index contributed by atoms with van der Waals surface area (Å²) >= 11 is 3.43. The van der Waals surface area contributed by atoms with Crippen LogP contribution in [0, 0.1) is 6.92 Å². The molecule has 0 spiro atoms. The van der Waals surface area contributed by atoms with Crippen LogP contribution in [0.4, 0.5) is 0 Å². The number of rotatable bonds is 2. The third-order valence-corrected chi connectivity index (χ3v) is 4.12. The monoisotopic (exact) mass is 333 g/mol. The van der Waals surface area contributed by atoms with E-state index in [0.717, 1.165) is 35.0 Å². The van der Waals surface area contributed by atoms with Crippen LogP contribution in [0.15, 0.2) is 28.9 Å². The number of fused-ring (bicyclic) bond motifs is 1. The summed E-state index contributed by atoms with van der Waals surface area (Å²) in [5, 5.41) is 10.2. The lowest BCUT2D eigenvalue weighted by Crippen LogP contribution is -2.38. The van der Waals surface area contributed by atoms with Crippen molar-refractivity contribution in [3.05, 3.63) is 51.3 Å². The van der Waals surface area contributed by atoms with E-state index < -0.39 is 0 Å². The van der Waals surface area contributed by atoms with E-state index in [4.69, 9.17) is 0 Å². The Morgan fingerprint density at radius 2 is 2.30 bits per heavy atom. The summed E-state index contributed by atoms with van der Waals surface area (Å²) in [7, 11) is 0. The Labute approximate surface area is 126 Å². The number of benzene rings is 1. The average Bonchev–Trinajstić information content (AvgIpc) is 2.85. The molecule has 0 bridgehead atoms. The Bertz CT molecular complexity index is 630. The Morgan fingerprint density at radius 3 is 3.10 bits per heavy atom. The normalized spacial score (nSPS) is 17.6. The molecule has 1 aliphatic rings. The summed E-state index contributed by atoms with van der Waals surface area (Å²) in [6.07, 6.45) is 4.64. The van der Waals surface area contributed by atoms with Crippen LogP contribution in [-0.4, -0.2) is 22.1 Å². The van der Waals surface area contributed by atoms with E-state index in [9.17, 15) is 4.79 Å². The first-order valence-corrected chi connectivity index (χ1v) is 7.50. The molecule has 5 heteroatoms. The van der Waals surface area contributed by atoms with Crippen LogP contribution in [0.5, 0.6) is 0 Å². The van der Waals surface area contributed by atoms with Gasteiger partial charge < -0.3 is 5.32 Å². The molecule has 104 valence electrons. The lowest BCUT2D eigenvalue weighted by atomic mass is 9.93. The molecule has 4 nitrogen and oxygen atoms in total. The van der Waals surface area contributed by atoms with Gasteiger partial charge in [-0.05, 0) is 49.1 Å². The number of carbonyl (C=O) groups excluding carboxylic acids is 1. The van der Waals surface area contributed by atoms with Crippen molar-refractivity contribution in [3.8, 4) is 0 Å². The topological polar surface area (TPSA) is 57.8 Å². The molecule has 1 heterocycles. The number of amides is 1. The maximum absolute atomic E-state index is 12.3. The molecule has 1 amide bonds. The molecule has 20 heavy (non-hydrogen) atoms. The van der Waals surface area contributed by atoms with E-state index in [1.807, 2.05) is 31.3 Å². The number of hydrogen-bond donors (Lipinski definition) is 2. The number of aromatic amines is 1. The van der Waals surface area contributed by atoms with Crippen LogP contribution in [-0.2, 0) is 12.8 Å². The van der Waals surface area contributed by atoms with Gasteiger partial charge in [-0.1, -0.05) is 15.9 Å². The number of nitrogens with one attached hydrogen (secondary N) is 2. The number of aromatic nitrogens is 2. The fourth-order valence-electron chi connectivity index (χ4n) is 2.67. The molecule has 2 N–H and O–H groups in total. The fraction of sp³-hybridized carbons (Fsp3) is 0.333. The second kappa shape index (κ2) is 5.40. The summed E-state index contributed by atoms with van der Waals surface area (Å²) in [5.74, 6) is -0.0117. The van der Waals surface area contributed by atoms with Crippen molar-refractivity contribution in [2.24, 2.45) is 0 Å². The minimum atomic E-state index is -0.0117. The van der Waals surface area contributed by atoms with E-state index in [2.05, 4.69) is 31.4 Å². The van der Waals surface area contributed by atoms with E-state index >= 15 is 0 Å². The maximum Gasteiger partial charge on any atom is 0.251 e. The third-order valence-electron chi connectivity index (χ3n) is 3.66. The molecule has 0 saturated heterocycles. The highest BCUT2D eigenvalue weighted by atomic mass is 79.9. The number of hydrogen-bond acceptors (Lipinski definition) is 2. The first-order chi connectivity index (χ1) is 9.61. The van der Waals surface area contributed by atoms with Gasteiger partial charge >= 0.3 is 0 Å². The zero-order valence-corrected chi connectivity index (χ0v) is 12.8. The van der Waals surface area contributed by atoms with Gasteiger partial charge in [0, 0.05) is 28.2 Å². The highest BCUT2D eigenvalue weighted by molar-refractivity contribution is 9.10. The Balaban J connectivity index is 1.71. The third kappa shape index (κ3) is 2.77. The van der Waals surface area contributed by atoms with Gasteiger partial charge in [-0.3, -0.25) is 9.89 Å². The molecule has 1 aromatic carbocycles. The lowest BCUT2D eigenvalue weighted by Gasteiger charge is -2.22. The van der Waals surface area contributed by atoms with Crippen LogP contribution >= 0.6 is 15.9 Å². The van der Waals surface area contributed by atoms with Crippen LogP contribution in [0.3, 0.4) is 0 Å². The number of halogens is 1. The second-order valence-electron chi connectivity index (χ2n) is 5.30. The molecule has 0 aliphatic heterocycles.